The molecule has 0 aromatic heterocycles. The Morgan fingerprint density at radius 3 is 2.55 bits per heavy atom. The van der Waals surface area contributed by atoms with Crippen molar-refractivity contribution in [2.45, 2.75) is 6.92 Å². The van der Waals surface area contributed by atoms with Gasteiger partial charge in [-0.15, -0.1) is 0 Å². The molecule has 0 saturated carbocycles. The summed E-state index contributed by atoms with van der Waals surface area (Å²) in [5.74, 6) is -0.272. The molecule has 0 aliphatic rings. The summed E-state index contributed by atoms with van der Waals surface area (Å²) < 4.78 is 14.9. The maximum atomic E-state index is 14.0. The summed E-state index contributed by atoms with van der Waals surface area (Å²) in [5.41, 5.74) is 7.81. The average molecular weight is 353 g/mol. The van der Waals surface area contributed by atoms with Crippen LogP contribution in [0.3, 0.4) is 0 Å². The molecule has 104 valence electrons. The second kappa shape index (κ2) is 6.33. The molecule has 2 aromatic carbocycles. The molecule has 2 nitrogen and oxygen atoms in total. The van der Waals surface area contributed by atoms with E-state index in [9.17, 15) is 4.39 Å². The molecule has 0 unspecified atom stereocenters. The van der Waals surface area contributed by atoms with Gasteiger partial charge in [0.15, 0.2) is 0 Å². The Labute approximate surface area is 131 Å². The van der Waals surface area contributed by atoms with Crippen LogP contribution in [0.4, 0.5) is 15.8 Å². The van der Waals surface area contributed by atoms with Gasteiger partial charge in [-0.25, -0.2) is 4.39 Å². The van der Waals surface area contributed by atoms with E-state index in [1.165, 1.54) is 6.07 Å². The molecule has 0 radical (unpaired) electrons. The molecule has 0 heterocycles. The van der Waals surface area contributed by atoms with Gasteiger partial charge in [-0.3, -0.25) is 0 Å². The van der Waals surface area contributed by atoms with Crippen molar-refractivity contribution in [3.05, 3.63) is 58.3 Å². The van der Waals surface area contributed by atoms with E-state index in [1.807, 2.05) is 30.0 Å². The predicted octanol–water partition coefficient (Wildman–Crippen LogP) is 4.38. The van der Waals surface area contributed by atoms with Gasteiger partial charge in [-0.2, -0.15) is 0 Å². The SMILES string of the molecule is CCN(c1ccccc1F)c1ccc(Br)cc1C(N)=S. The highest BCUT2D eigenvalue weighted by Crippen LogP contribution is 2.32. The Balaban J connectivity index is 2.58. The smallest absolute Gasteiger partial charge is 0.146 e. The quantitative estimate of drug-likeness (QED) is 0.827. The van der Waals surface area contributed by atoms with Crippen LogP contribution in [-0.2, 0) is 0 Å². The largest absolute Gasteiger partial charge is 0.389 e. The Morgan fingerprint density at radius 1 is 1.25 bits per heavy atom. The molecule has 0 aliphatic heterocycles. The Morgan fingerprint density at radius 2 is 1.95 bits per heavy atom. The number of benzene rings is 2. The first kappa shape index (κ1) is 14.9. The normalized spacial score (nSPS) is 10.3. The minimum Gasteiger partial charge on any atom is -0.389 e. The Bertz CT molecular complexity index is 646. The van der Waals surface area contributed by atoms with E-state index in [4.69, 9.17) is 18.0 Å². The number of hydrogen-bond acceptors (Lipinski definition) is 2. The third-order valence-corrected chi connectivity index (χ3v) is 3.69. The van der Waals surface area contributed by atoms with Crippen molar-refractivity contribution in [3.8, 4) is 0 Å². The van der Waals surface area contributed by atoms with E-state index in [2.05, 4.69) is 15.9 Å². The Kier molecular flexibility index (Phi) is 4.73. The van der Waals surface area contributed by atoms with Crippen molar-refractivity contribution in [2.24, 2.45) is 5.73 Å². The molecule has 0 atom stereocenters. The summed E-state index contributed by atoms with van der Waals surface area (Å²) in [7, 11) is 0. The van der Waals surface area contributed by atoms with Gasteiger partial charge in [-0.1, -0.05) is 40.3 Å². The number of para-hydroxylation sites is 1. The first-order valence-corrected chi connectivity index (χ1v) is 7.36. The van der Waals surface area contributed by atoms with Crippen LogP contribution in [0.1, 0.15) is 12.5 Å². The highest BCUT2D eigenvalue weighted by Gasteiger charge is 2.16. The van der Waals surface area contributed by atoms with Crippen molar-refractivity contribution in [1.29, 1.82) is 0 Å². The van der Waals surface area contributed by atoms with Crippen LogP contribution in [0, 0.1) is 5.82 Å². The van der Waals surface area contributed by atoms with Crippen LogP contribution in [0.2, 0.25) is 0 Å². The average Bonchev–Trinajstić information content (AvgIpc) is 2.42. The molecule has 5 heteroatoms. The molecule has 2 aromatic rings. The van der Waals surface area contributed by atoms with E-state index in [-0.39, 0.29) is 10.8 Å². The van der Waals surface area contributed by atoms with Crippen molar-refractivity contribution in [2.75, 3.05) is 11.4 Å². The first-order valence-electron chi connectivity index (χ1n) is 6.16. The number of thiocarbonyl (C=S) groups is 1. The molecule has 2 N–H and O–H groups in total. The second-order valence-corrected chi connectivity index (χ2v) is 5.58. The maximum Gasteiger partial charge on any atom is 0.146 e. The van der Waals surface area contributed by atoms with Crippen molar-refractivity contribution in [1.82, 2.24) is 0 Å². The van der Waals surface area contributed by atoms with E-state index >= 15 is 0 Å². The van der Waals surface area contributed by atoms with Gasteiger partial charge < -0.3 is 10.6 Å². The van der Waals surface area contributed by atoms with E-state index < -0.39 is 0 Å². The summed E-state index contributed by atoms with van der Waals surface area (Å²) in [4.78, 5) is 2.15. The van der Waals surface area contributed by atoms with Crippen LogP contribution in [-0.4, -0.2) is 11.5 Å². The van der Waals surface area contributed by atoms with Gasteiger partial charge in [0.2, 0.25) is 0 Å². The minimum absolute atomic E-state index is 0.272. The third kappa shape index (κ3) is 2.99. The standard InChI is InChI=1S/C15H14BrFN2S/c1-2-19(14-6-4-3-5-12(14)17)13-8-7-10(16)9-11(13)15(18)20/h3-9H,2H2,1H3,(H2,18,20). The fraction of sp³-hybridized carbons (Fsp3) is 0.133. The highest BCUT2D eigenvalue weighted by molar-refractivity contribution is 9.10. The summed E-state index contributed by atoms with van der Waals surface area (Å²) in [6.07, 6.45) is 0. The number of rotatable bonds is 4. The van der Waals surface area contributed by atoms with E-state index in [0.29, 0.717) is 12.2 Å². The molecular weight excluding hydrogens is 339 g/mol. The van der Waals surface area contributed by atoms with Gasteiger partial charge in [0.25, 0.3) is 0 Å². The monoisotopic (exact) mass is 352 g/mol. The van der Waals surface area contributed by atoms with Crippen molar-refractivity contribution in [3.63, 3.8) is 0 Å². The topological polar surface area (TPSA) is 29.3 Å². The van der Waals surface area contributed by atoms with Crippen molar-refractivity contribution >= 4 is 44.5 Å². The lowest BCUT2D eigenvalue weighted by Crippen LogP contribution is -2.22. The van der Waals surface area contributed by atoms with Gasteiger partial charge in [0.1, 0.15) is 10.8 Å². The van der Waals surface area contributed by atoms with Gasteiger partial charge >= 0.3 is 0 Å². The third-order valence-electron chi connectivity index (χ3n) is 2.97. The molecule has 0 saturated heterocycles. The van der Waals surface area contributed by atoms with Crippen LogP contribution >= 0.6 is 28.1 Å². The van der Waals surface area contributed by atoms with E-state index in [0.717, 1.165) is 15.7 Å². The lowest BCUT2D eigenvalue weighted by atomic mass is 10.1. The zero-order chi connectivity index (χ0) is 14.7. The lowest BCUT2D eigenvalue weighted by Gasteiger charge is -2.26. The van der Waals surface area contributed by atoms with Gasteiger partial charge in [0.05, 0.1) is 11.4 Å². The van der Waals surface area contributed by atoms with Crippen LogP contribution in [0.5, 0.6) is 0 Å². The van der Waals surface area contributed by atoms with Crippen LogP contribution in [0.15, 0.2) is 46.9 Å². The first-order chi connectivity index (χ1) is 9.54. The number of anilines is 2. The van der Waals surface area contributed by atoms with Gasteiger partial charge in [-0.05, 0) is 37.3 Å². The predicted molar refractivity (Wildman–Crippen MR) is 89.1 cm³/mol. The van der Waals surface area contributed by atoms with E-state index in [1.54, 1.807) is 18.2 Å². The Hall–Kier alpha value is -1.46. The highest BCUT2D eigenvalue weighted by atomic mass is 79.9. The summed E-state index contributed by atoms with van der Waals surface area (Å²) in [6, 6.07) is 12.3. The van der Waals surface area contributed by atoms with Crippen LogP contribution < -0.4 is 10.6 Å². The van der Waals surface area contributed by atoms with Crippen LogP contribution in [0.25, 0.3) is 0 Å². The molecule has 0 fully saturated rings. The molecule has 0 aliphatic carbocycles. The fourth-order valence-corrected chi connectivity index (χ4v) is 2.61. The zero-order valence-corrected chi connectivity index (χ0v) is 13.3. The molecular formula is C15H14BrFN2S. The summed E-state index contributed by atoms with van der Waals surface area (Å²) in [5, 5.41) is 0. The fourth-order valence-electron chi connectivity index (χ4n) is 2.08. The molecule has 20 heavy (non-hydrogen) atoms. The maximum absolute atomic E-state index is 14.0. The summed E-state index contributed by atoms with van der Waals surface area (Å²) in [6.45, 7) is 2.57. The zero-order valence-electron chi connectivity index (χ0n) is 10.9. The van der Waals surface area contributed by atoms with Gasteiger partial charge in [0, 0.05) is 16.6 Å². The number of nitrogens with zero attached hydrogens (tertiary/aromatic N) is 1. The number of halogens is 2. The molecule has 0 bridgehead atoms. The number of hydrogen-bond donors (Lipinski definition) is 1. The summed E-state index contributed by atoms with van der Waals surface area (Å²) >= 11 is 8.49. The lowest BCUT2D eigenvalue weighted by molar-refractivity contribution is 0.625. The molecule has 2 rings (SSSR count). The number of nitrogens with two attached hydrogens (primary N) is 1. The second-order valence-electron chi connectivity index (χ2n) is 4.22. The molecule has 0 spiro atoms. The minimum atomic E-state index is -0.272. The molecule has 0 amide bonds. The van der Waals surface area contributed by atoms with Crippen molar-refractivity contribution < 1.29 is 4.39 Å².